The van der Waals surface area contributed by atoms with Gasteiger partial charge in [0.2, 0.25) is 0 Å². The van der Waals surface area contributed by atoms with Gasteiger partial charge in [-0.3, -0.25) is 0 Å². The summed E-state index contributed by atoms with van der Waals surface area (Å²) in [4.78, 5) is 0. The van der Waals surface area contributed by atoms with Crippen LogP contribution in [0.4, 0.5) is 0 Å². The summed E-state index contributed by atoms with van der Waals surface area (Å²) in [5.74, 6) is 0.393. The Morgan fingerprint density at radius 3 is 2.50 bits per heavy atom. The first kappa shape index (κ1) is 15.4. The molecule has 0 heterocycles. The van der Waals surface area contributed by atoms with Crippen LogP contribution in [0.25, 0.3) is 0 Å². The van der Waals surface area contributed by atoms with Crippen LogP contribution in [-0.4, -0.2) is 33.0 Å². The first-order chi connectivity index (χ1) is 7.33. The molecular weight excluding hydrogens is 224 g/mol. The van der Waals surface area contributed by atoms with Gasteiger partial charge in [-0.05, 0) is 11.8 Å². The Bertz CT molecular complexity index is 328. The maximum atomic E-state index is 11.2. The largest absolute Gasteiger partial charge is 0.315 e. The maximum Gasteiger partial charge on any atom is 0.151 e. The van der Waals surface area contributed by atoms with E-state index < -0.39 is 9.84 Å². The lowest BCUT2D eigenvalue weighted by Gasteiger charge is -2.23. The first-order valence-corrected chi connectivity index (χ1v) is 7.43. The van der Waals surface area contributed by atoms with Crippen molar-refractivity contribution in [3.8, 4) is 6.07 Å². The average molecular weight is 246 g/mol. The fourth-order valence-electron chi connectivity index (χ4n) is 1.28. The molecule has 0 aromatic heterocycles. The SMILES string of the molecule is CCS(=O)(=O)CCNCC(C)(C)CCC#N. The fourth-order valence-corrected chi connectivity index (χ4v) is 2.03. The summed E-state index contributed by atoms with van der Waals surface area (Å²) in [6.45, 7) is 7.05. The van der Waals surface area contributed by atoms with Crippen molar-refractivity contribution in [3.05, 3.63) is 0 Å². The Morgan fingerprint density at radius 2 is 2.00 bits per heavy atom. The van der Waals surface area contributed by atoms with Gasteiger partial charge in [-0.15, -0.1) is 0 Å². The molecule has 0 rings (SSSR count). The van der Waals surface area contributed by atoms with Crippen LogP contribution < -0.4 is 5.32 Å². The molecule has 0 saturated carbocycles. The molecule has 5 heteroatoms. The zero-order chi connectivity index (χ0) is 12.7. The number of sulfone groups is 1. The van der Waals surface area contributed by atoms with Gasteiger partial charge in [-0.1, -0.05) is 20.8 Å². The van der Waals surface area contributed by atoms with Crippen LogP contribution in [0.2, 0.25) is 0 Å². The van der Waals surface area contributed by atoms with E-state index in [9.17, 15) is 8.42 Å². The van der Waals surface area contributed by atoms with Gasteiger partial charge < -0.3 is 5.32 Å². The van der Waals surface area contributed by atoms with E-state index in [-0.39, 0.29) is 16.9 Å². The summed E-state index contributed by atoms with van der Waals surface area (Å²) in [6, 6.07) is 2.12. The molecule has 94 valence electrons. The van der Waals surface area contributed by atoms with Crippen LogP contribution >= 0.6 is 0 Å². The van der Waals surface area contributed by atoms with Crippen molar-refractivity contribution in [2.75, 3.05) is 24.6 Å². The predicted octanol–water partition coefficient (Wildman–Crippen LogP) is 1.34. The molecule has 0 fully saturated rings. The van der Waals surface area contributed by atoms with Crippen LogP contribution in [0, 0.1) is 16.7 Å². The van der Waals surface area contributed by atoms with E-state index in [0.29, 0.717) is 13.0 Å². The highest BCUT2D eigenvalue weighted by atomic mass is 32.2. The maximum absolute atomic E-state index is 11.2. The zero-order valence-electron chi connectivity index (χ0n) is 10.4. The molecule has 16 heavy (non-hydrogen) atoms. The lowest BCUT2D eigenvalue weighted by molar-refractivity contribution is 0.321. The molecule has 0 bridgehead atoms. The lowest BCUT2D eigenvalue weighted by Crippen LogP contribution is -2.33. The van der Waals surface area contributed by atoms with Crippen LogP contribution in [0.15, 0.2) is 0 Å². The van der Waals surface area contributed by atoms with E-state index in [2.05, 4.69) is 25.2 Å². The van der Waals surface area contributed by atoms with Gasteiger partial charge in [0.05, 0.1) is 11.8 Å². The van der Waals surface area contributed by atoms with Crippen molar-refractivity contribution in [2.24, 2.45) is 5.41 Å². The molecule has 0 aliphatic heterocycles. The Kier molecular flexibility index (Phi) is 6.61. The Morgan fingerprint density at radius 1 is 1.38 bits per heavy atom. The van der Waals surface area contributed by atoms with E-state index in [0.717, 1.165) is 13.0 Å². The monoisotopic (exact) mass is 246 g/mol. The molecule has 0 aliphatic rings. The highest BCUT2D eigenvalue weighted by Crippen LogP contribution is 2.20. The Labute approximate surface area is 99.0 Å². The van der Waals surface area contributed by atoms with Crippen LogP contribution in [0.5, 0.6) is 0 Å². The van der Waals surface area contributed by atoms with Gasteiger partial charge in [-0.25, -0.2) is 8.42 Å². The standard InChI is InChI=1S/C11H22N2O2S/c1-4-16(14,15)9-8-13-10-11(2,3)6-5-7-12/h13H,4-6,8-10H2,1-3H3. The number of hydrogen-bond acceptors (Lipinski definition) is 4. The molecule has 0 amide bonds. The second-order valence-corrected chi connectivity index (χ2v) is 7.21. The van der Waals surface area contributed by atoms with E-state index in [1.54, 1.807) is 6.92 Å². The number of nitrogens with one attached hydrogen (secondary N) is 1. The molecule has 0 atom stereocenters. The molecule has 0 unspecified atom stereocenters. The number of nitrogens with zero attached hydrogens (tertiary/aromatic N) is 1. The van der Waals surface area contributed by atoms with Gasteiger partial charge in [0, 0.05) is 25.3 Å². The highest BCUT2D eigenvalue weighted by molar-refractivity contribution is 7.91. The van der Waals surface area contributed by atoms with Crippen LogP contribution in [0.1, 0.15) is 33.6 Å². The fraction of sp³-hybridized carbons (Fsp3) is 0.909. The average Bonchev–Trinajstić information content (AvgIpc) is 2.22. The van der Waals surface area contributed by atoms with Gasteiger partial charge in [0.1, 0.15) is 0 Å². The molecule has 4 nitrogen and oxygen atoms in total. The van der Waals surface area contributed by atoms with Crippen LogP contribution in [-0.2, 0) is 9.84 Å². The molecule has 0 aromatic rings. The molecule has 0 aliphatic carbocycles. The predicted molar refractivity (Wildman–Crippen MR) is 65.8 cm³/mol. The smallest absolute Gasteiger partial charge is 0.151 e. The lowest BCUT2D eigenvalue weighted by atomic mass is 9.88. The second-order valence-electron chi connectivity index (χ2n) is 4.74. The molecule has 0 spiro atoms. The highest BCUT2D eigenvalue weighted by Gasteiger charge is 2.17. The second kappa shape index (κ2) is 6.87. The van der Waals surface area contributed by atoms with Crippen molar-refractivity contribution in [2.45, 2.75) is 33.6 Å². The van der Waals surface area contributed by atoms with E-state index >= 15 is 0 Å². The van der Waals surface area contributed by atoms with Crippen molar-refractivity contribution >= 4 is 9.84 Å². The Hall–Kier alpha value is -0.600. The van der Waals surface area contributed by atoms with Gasteiger partial charge in [0.25, 0.3) is 0 Å². The minimum Gasteiger partial charge on any atom is -0.315 e. The molecular formula is C11H22N2O2S. The first-order valence-electron chi connectivity index (χ1n) is 5.61. The summed E-state index contributed by atoms with van der Waals surface area (Å²) in [5.41, 5.74) is 0.0473. The van der Waals surface area contributed by atoms with Crippen molar-refractivity contribution < 1.29 is 8.42 Å². The van der Waals surface area contributed by atoms with E-state index in [1.807, 2.05) is 0 Å². The Balaban J connectivity index is 3.78. The van der Waals surface area contributed by atoms with Crippen molar-refractivity contribution in [1.29, 1.82) is 5.26 Å². The zero-order valence-corrected chi connectivity index (χ0v) is 11.2. The molecule has 1 N–H and O–H groups in total. The summed E-state index contributed by atoms with van der Waals surface area (Å²) in [7, 11) is -2.87. The summed E-state index contributed by atoms with van der Waals surface area (Å²) >= 11 is 0. The minimum atomic E-state index is -2.87. The number of rotatable bonds is 8. The normalized spacial score (nSPS) is 12.4. The number of hydrogen-bond donors (Lipinski definition) is 1. The quantitative estimate of drug-likeness (QED) is 0.656. The number of nitriles is 1. The summed E-state index contributed by atoms with van der Waals surface area (Å²) < 4.78 is 22.4. The summed E-state index contributed by atoms with van der Waals surface area (Å²) in [6.07, 6.45) is 1.37. The van der Waals surface area contributed by atoms with Crippen molar-refractivity contribution in [1.82, 2.24) is 5.32 Å². The third-order valence-corrected chi connectivity index (χ3v) is 4.25. The third kappa shape index (κ3) is 7.66. The minimum absolute atomic E-state index is 0.0473. The molecule has 0 aromatic carbocycles. The molecule has 0 saturated heterocycles. The van der Waals surface area contributed by atoms with Gasteiger partial charge in [-0.2, -0.15) is 5.26 Å². The molecule has 0 radical (unpaired) electrons. The van der Waals surface area contributed by atoms with E-state index in [1.165, 1.54) is 0 Å². The van der Waals surface area contributed by atoms with E-state index in [4.69, 9.17) is 5.26 Å². The van der Waals surface area contributed by atoms with Crippen LogP contribution in [0.3, 0.4) is 0 Å². The van der Waals surface area contributed by atoms with Gasteiger partial charge in [0.15, 0.2) is 9.84 Å². The van der Waals surface area contributed by atoms with Gasteiger partial charge >= 0.3 is 0 Å². The third-order valence-electron chi connectivity index (χ3n) is 2.55. The van der Waals surface area contributed by atoms with Crippen molar-refractivity contribution in [3.63, 3.8) is 0 Å². The topological polar surface area (TPSA) is 70.0 Å². The summed E-state index contributed by atoms with van der Waals surface area (Å²) in [5, 5.41) is 11.6.